The lowest BCUT2D eigenvalue weighted by Gasteiger charge is -2.12. The van der Waals surface area contributed by atoms with Gasteiger partial charge in [-0.2, -0.15) is 8.78 Å². The summed E-state index contributed by atoms with van der Waals surface area (Å²) in [6, 6.07) is 3.75. The Morgan fingerprint density at radius 1 is 1.18 bits per heavy atom. The average molecular weight is 283 g/mol. The predicted octanol–water partition coefficient (Wildman–Crippen LogP) is 2.05. The molecule has 0 radical (unpaired) electrons. The molecule has 0 atom stereocenters. The summed E-state index contributed by atoms with van der Waals surface area (Å²) in [7, 11) is 0. The Balaban J connectivity index is 2.92. The highest BCUT2D eigenvalue weighted by Gasteiger charge is 2.45. The van der Waals surface area contributed by atoms with E-state index in [1.165, 1.54) is 18.2 Å². The first kappa shape index (κ1) is 13.7. The second-order valence-electron chi connectivity index (χ2n) is 3.05. The third kappa shape index (κ3) is 3.28. The number of carbonyl (C=O) groups is 2. The Hall–Kier alpha value is -1.40. The van der Waals surface area contributed by atoms with Crippen LogP contribution < -0.4 is 11.1 Å². The van der Waals surface area contributed by atoms with Gasteiger partial charge in [0.15, 0.2) is 0 Å². The maximum absolute atomic E-state index is 12.9. The SMILES string of the molecule is NC(=O)C(F)(F)C(=O)Nc1cc(Cl)cc(Cl)c1. The smallest absolute Gasteiger partial charge is 0.364 e. The maximum Gasteiger partial charge on any atom is 0.400 e. The molecule has 0 aliphatic heterocycles. The van der Waals surface area contributed by atoms with E-state index in [0.29, 0.717) is 0 Å². The third-order valence-electron chi connectivity index (χ3n) is 1.72. The van der Waals surface area contributed by atoms with Crippen LogP contribution in [0.5, 0.6) is 0 Å². The van der Waals surface area contributed by atoms with E-state index in [2.05, 4.69) is 5.73 Å². The first-order valence-electron chi connectivity index (χ1n) is 4.18. The van der Waals surface area contributed by atoms with Gasteiger partial charge in [0.1, 0.15) is 0 Å². The van der Waals surface area contributed by atoms with Crippen molar-refractivity contribution in [3.63, 3.8) is 0 Å². The fraction of sp³-hybridized carbons (Fsp3) is 0.111. The fourth-order valence-corrected chi connectivity index (χ4v) is 1.47. The molecular weight excluding hydrogens is 277 g/mol. The van der Waals surface area contributed by atoms with Crippen molar-refractivity contribution in [2.45, 2.75) is 5.92 Å². The molecule has 8 heteroatoms. The number of hydrogen-bond acceptors (Lipinski definition) is 2. The van der Waals surface area contributed by atoms with Crippen LogP contribution in [0.3, 0.4) is 0 Å². The Labute approximate surface area is 105 Å². The number of halogens is 4. The van der Waals surface area contributed by atoms with E-state index >= 15 is 0 Å². The first-order chi connectivity index (χ1) is 7.73. The van der Waals surface area contributed by atoms with Gasteiger partial charge in [-0.05, 0) is 18.2 Å². The van der Waals surface area contributed by atoms with Crippen molar-refractivity contribution in [1.82, 2.24) is 0 Å². The van der Waals surface area contributed by atoms with Gasteiger partial charge in [-0.15, -0.1) is 0 Å². The largest absolute Gasteiger partial charge is 0.400 e. The Morgan fingerprint density at radius 2 is 1.65 bits per heavy atom. The van der Waals surface area contributed by atoms with Gasteiger partial charge >= 0.3 is 11.8 Å². The zero-order chi connectivity index (χ0) is 13.2. The monoisotopic (exact) mass is 282 g/mol. The number of anilines is 1. The van der Waals surface area contributed by atoms with Gasteiger partial charge in [0.05, 0.1) is 0 Å². The minimum Gasteiger partial charge on any atom is -0.364 e. The van der Waals surface area contributed by atoms with Crippen molar-refractivity contribution in [1.29, 1.82) is 0 Å². The van der Waals surface area contributed by atoms with Gasteiger partial charge in [0, 0.05) is 15.7 Å². The summed E-state index contributed by atoms with van der Waals surface area (Å²) in [5.41, 5.74) is 4.32. The highest BCUT2D eigenvalue weighted by Crippen LogP contribution is 2.24. The van der Waals surface area contributed by atoms with Crippen molar-refractivity contribution >= 4 is 40.7 Å². The lowest BCUT2D eigenvalue weighted by atomic mass is 10.2. The van der Waals surface area contributed by atoms with Crippen LogP contribution in [0, 0.1) is 0 Å². The summed E-state index contributed by atoms with van der Waals surface area (Å²) in [6.45, 7) is 0. The molecule has 0 aliphatic carbocycles. The summed E-state index contributed by atoms with van der Waals surface area (Å²) in [6.07, 6.45) is 0. The van der Waals surface area contributed by atoms with Crippen LogP contribution in [0.1, 0.15) is 0 Å². The van der Waals surface area contributed by atoms with Gasteiger partial charge in [-0.1, -0.05) is 23.2 Å². The standard InChI is InChI=1S/C9H6Cl2F2N2O2/c10-4-1-5(11)3-6(2-4)15-8(17)9(12,13)7(14)16/h1-3H,(H2,14,16)(H,15,17). The molecule has 3 N–H and O–H groups in total. The van der Waals surface area contributed by atoms with Crippen LogP contribution in [0.15, 0.2) is 18.2 Å². The molecule has 1 rings (SSSR count). The molecule has 0 saturated heterocycles. The Morgan fingerprint density at radius 3 is 2.06 bits per heavy atom. The molecule has 1 aromatic carbocycles. The van der Waals surface area contributed by atoms with Crippen LogP contribution in [0.4, 0.5) is 14.5 Å². The minimum atomic E-state index is -4.30. The summed E-state index contributed by atoms with van der Waals surface area (Å²) in [5.74, 6) is -8.18. The molecular formula is C9H6Cl2F2N2O2. The molecule has 92 valence electrons. The first-order valence-corrected chi connectivity index (χ1v) is 4.94. The molecule has 2 amide bonds. The minimum absolute atomic E-state index is 0.0616. The van der Waals surface area contributed by atoms with Crippen LogP contribution in [-0.4, -0.2) is 17.7 Å². The molecule has 0 saturated carbocycles. The van der Waals surface area contributed by atoms with Gasteiger partial charge < -0.3 is 11.1 Å². The summed E-state index contributed by atoms with van der Waals surface area (Å²) < 4.78 is 25.7. The predicted molar refractivity (Wildman–Crippen MR) is 59.2 cm³/mol. The molecule has 0 unspecified atom stereocenters. The number of nitrogens with two attached hydrogens (primary N) is 1. The van der Waals surface area contributed by atoms with Crippen molar-refractivity contribution in [3.05, 3.63) is 28.2 Å². The molecule has 0 spiro atoms. The molecule has 0 aromatic heterocycles. The molecule has 0 aliphatic rings. The van der Waals surface area contributed by atoms with Crippen molar-refractivity contribution in [3.8, 4) is 0 Å². The van der Waals surface area contributed by atoms with E-state index in [-0.39, 0.29) is 15.7 Å². The maximum atomic E-state index is 12.9. The number of carbonyl (C=O) groups excluding carboxylic acids is 2. The van der Waals surface area contributed by atoms with E-state index < -0.39 is 17.7 Å². The van der Waals surface area contributed by atoms with Crippen molar-refractivity contribution in [2.75, 3.05) is 5.32 Å². The quantitative estimate of drug-likeness (QED) is 0.833. The number of rotatable bonds is 3. The fourth-order valence-electron chi connectivity index (χ4n) is 0.947. The van der Waals surface area contributed by atoms with Crippen LogP contribution >= 0.6 is 23.2 Å². The molecule has 0 fully saturated rings. The zero-order valence-corrected chi connectivity index (χ0v) is 9.65. The van der Waals surface area contributed by atoms with Crippen molar-refractivity contribution < 1.29 is 18.4 Å². The Kier molecular flexibility index (Phi) is 3.90. The highest BCUT2D eigenvalue weighted by atomic mass is 35.5. The van der Waals surface area contributed by atoms with E-state index in [9.17, 15) is 18.4 Å². The van der Waals surface area contributed by atoms with Crippen LogP contribution in [-0.2, 0) is 9.59 Å². The van der Waals surface area contributed by atoms with E-state index in [1.807, 2.05) is 0 Å². The van der Waals surface area contributed by atoms with E-state index in [0.717, 1.165) is 0 Å². The third-order valence-corrected chi connectivity index (χ3v) is 2.15. The number of primary amides is 1. The molecule has 4 nitrogen and oxygen atoms in total. The van der Waals surface area contributed by atoms with Crippen LogP contribution in [0.25, 0.3) is 0 Å². The van der Waals surface area contributed by atoms with Gasteiger partial charge in [0.2, 0.25) is 0 Å². The normalized spacial score (nSPS) is 11.1. The van der Waals surface area contributed by atoms with Crippen LogP contribution in [0.2, 0.25) is 10.0 Å². The lowest BCUT2D eigenvalue weighted by molar-refractivity contribution is -0.154. The van der Waals surface area contributed by atoms with Gasteiger partial charge in [-0.25, -0.2) is 0 Å². The number of alkyl halides is 2. The van der Waals surface area contributed by atoms with Gasteiger partial charge in [-0.3, -0.25) is 9.59 Å². The highest BCUT2D eigenvalue weighted by molar-refractivity contribution is 6.35. The number of nitrogens with one attached hydrogen (secondary N) is 1. The lowest BCUT2D eigenvalue weighted by Crippen LogP contribution is -2.46. The molecule has 17 heavy (non-hydrogen) atoms. The zero-order valence-electron chi connectivity index (χ0n) is 8.14. The van der Waals surface area contributed by atoms with Crippen molar-refractivity contribution in [2.24, 2.45) is 5.73 Å². The van der Waals surface area contributed by atoms with E-state index in [1.54, 1.807) is 5.32 Å². The summed E-state index contributed by atoms with van der Waals surface area (Å²) >= 11 is 11.2. The Bertz CT molecular complexity index is 460. The summed E-state index contributed by atoms with van der Waals surface area (Å²) in [4.78, 5) is 21.4. The average Bonchev–Trinajstić information content (AvgIpc) is 2.15. The van der Waals surface area contributed by atoms with Gasteiger partial charge in [0.25, 0.3) is 5.91 Å². The number of amides is 2. The summed E-state index contributed by atoms with van der Waals surface area (Å²) in [5, 5.41) is 2.08. The van der Waals surface area contributed by atoms with E-state index in [4.69, 9.17) is 23.2 Å². The number of hydrogen-bond donors (Lipinski definition) is 2. The molecule has 0 bridgehead atoms. The number of benzene rings is 1. The molecule has 1 aromatic rings. The molecule has 0 heterocycles. The second kappa shape index (κ2) is 4.85. The second-order valence-corrected chi connectivity index (χ2v) is 3.92. The topological polar surface area (TPSA) is 72.2 Å².